The minimum atomic E-state index is -4.84. The van der Waals surface area contributed by atoms with Crippen LogP contribution in [0.2, 0.25) is 10.0 Å². The first-order valence-corrected chi connectivity index (χ1v) is 13.5. The fourth-order valence-electron chi connectivity index (χ4n) is 4.04. The quantitative estimate of drug-likeness (QED) is 0.381. The fraction of sp³-hybridized carbons (Fsp3) is 0.250. The van der Waals surface area contributed by atoms with E-state index in [1.165, 1.54) is 24.5 Å². The van der Waals surface area contributed by atoms with Crippen LogP contribution in [0.4, 0.5) is 13.2 Å². The number of halogens is 5. The first-order valence-electron chi connectivity index (χ1n) is 10.6. The highest BCUT2D eigenvalue weighted by Crippen LogP contribution is 2.50. The molecule has 36 heavy (non-hydrogen) atoms. The fourth-order valence-corrected chi connectivity index (χ4v) is 5.06. The predicted molar refractivity (Wildman–Crippen MR) is 134 cm³/mol. The van der Waals surface area contributed by atoms with Gasteiger partial charge >= 0.3 is 6.18 Å². The molecule has 4 rings (SSSR count). The molecule has 1 heterocycles. The molecular weight excluding hydrogens is 538 g/mol. The Morgan fingerprint density at radius 1 is 1.14 bits per heavy atom. The van der Waals surface area contributed by atoms with Gasteiger partial charge in [0, 0.05) is 61.4 Å². The van der Waals surface area contributed by atoms with E-state index in [0.717, 1.165) is 12.1 Å². The van der Waals surface area contributed by atoms with Gasteiger partial charge in [0.1, 0.15) is 0 Å². The molecule has 3 aromatic rings. The molecule has 3 aromatic carbocycles. The summed E-state index contributed by atoms with van der Waals surface area (Å²) in [5.41, 5.74) is -2.34. The number of oxime groups is 1. The van der Waals surface area contributed by atoms with Gasteiger partial charge in [-0.15, -0.1) is 0 Å². The second-order valence-corrected chi connectivity index (χ2v) is 11.8. The van der Waals surface area contributed by atoms with Gasteiger partial charge in [-0.1, -0.05) is 58.7 Å². The summed E-state index contributed by atoms with van der Waals surface area (Å²) in [4.78, 5) is 17.9. The number of nitrogens with one attached hydrogen (secondary N) is 2. The van der Waals surface area contributed by atoms with Crippen molar-refractivity contribution in [2.45, 2.75) is 18.2 Å². The monoisotopic (exact) mass is 557 g/mol. The highest BCUT2D eigenvalue weighted by molar-refractivity contribution is 7.91. The Kier molecular flexibility index (Phi) is 6.98. The van der Waals surface area contributed by atoms with Crippen LogP contribution in [0.25, 0.3) is 10.8 Å². The number of benzene rings is 3. The number of fused-ring (bicyclic) bond motifs is 1. The highest BCUT2D eigenvalue weighted by atomic mass is 35.5. The van der Waals surface area contributed by atoms with Gasteiger partial charge in [0.05, 0.1) is 5.71 Å². The van der Waals surface area contributed by atoms with E-state index in [1.807, 2.05) is 0 Å². The molecule has 2 atom stereocenters. The SMILES string of the molecule is CS(=N)(=O)CCNC(=O)c1ccc(C2=NOC(c3cc(Cl)cc(Cl)c3)(C(F)(F)F)C2)c2ccccc12. The Labute approximate surface area is 215 Å². The third kappa shape index (κ3) is 5.16. The summed E-state index contributed by atoms with van der Waals surface area (Å²) in [6.07, 6.45) is -4.18. The van der Waals surface area contributed by atoms with Gasteiger partial charge in [0.2, 0.25) is 0 Å². The molecule has 0 bridgehead atoms. The molecule has 0 aromatic heterocycles. The molecule has 0 saturated carbocycles. The van der Waals surface area contributed by atoms with Crippen molar-refractivity contribution in [2.24, 2.45) is 5.16 Å². The Morgan fingerprint density at radius 2 is 1.78 bits per heavy atom. The number of carbonyl (C=O) groups excluding carboxylic acids is 1. The van der Waals surface area contributed by atoms with Gasteiger partial charge in [-0.3, -0.25) is 13.8 Å². The third-order valence-electron chi connectivity index (χ3n) is 5.77. The van der Waals surface area contributed by atoms with Crippen LogP contribution >= 0.6 is 23.2 Å². The van der Waals surface area contributed by atoms with Gasteiger partial charge in [0.15, 0.2) is 0 Å². The molecule has 0 saturated heterocycles. The van der Waals surface area contributed by atoms with Crippen molar-refractivity contribution in [3.63, 3.8) is 0 Å². The molecule has 2 N–H and O–H groups in total. The Balaban J connectivity index is 1.71. The maximum atomic E-state index is 14.4. The molecule has 1 aliphatic heterocycles. The number of alkyl halides is 3. The molecule has 0 aliphatic carbocycles. The third-order valence-corrected chi connectivity index (χ3v) is 7.19. The first kappa shape index (κ1) is 26.2. The van der Waals surface area contributed by atoms with Crippen LogP contribution in [-0.2, 0) is 20.2 Å². The van der Waals surface area contributed by atoms with Crippen molar-refractivity contribution in [3.8, 4) is 0 Å². The molecule has 0 fully saturated rings. The van der Waals surface area contributed by atoms with Crippen LogP contribution in [0.1, 0.15) is 27.9 Å². The van der Waals surface area contributed by atoms with Crippen molar-refractivity contribution in [1.29, 1.82) is 4.78 Å². The largest absolute Gasteiger partial charge is 0.435 e. The standard InChI is InChI=1S/C24H20Cl2F3N3O3S/c1-36(30,34)9-8-31-22(33)20-7-6-19(17-4-2-3-5-18(17)20)21-13-23(35-32-21,24(27,28)29)14-10-15(25)12-16(26)11-14/h2-7,10-12,30H,8-9,13H2,1H3,(H,31,33). The second-order valence-electron chi connectivity index (χ2n) is 8.46. The van der Waals surface area contributed by atoms with E-state index >= 15 is 0 Å². The lowest BCUT2D eigenvalue weighted by molar-refractivity contribution is -0.275. The van der Waals surface area contributed by atoms with Crippen molar-refractivity contribution >= 4 is 55.3 Å². The predicted octanol–water partition coefficient (Wildman–Crippen LogP) is 6.14. The number of carbonyl (C=O) groups is 1. The number of rotatable bonds is 6. The number of hydrogen-bond acceptors (Lipinski definition) is 5. The van der Waals surface area contributed by atoms with E-state index in [9.17, 15) is 22.2 Å². The smallest absolute Gasteiger partial charge is 0.374 e. The van der Waals surface area contributed by atoms with Crippen molar-refractivity contribution < 1.29 is 27.0 Å². The van der Waals surface area contributed by atoms with Crippen LogP contribution in [-0.4, -0.2) is 40.6 Å². The van der Waals surface area contributed by atoms with E-state index in [2.05, 4.69) is 10.5 Å². The number of hydrogen-bond donors (Lipinski definition) is 2. The summed E-state index contributed by atoms with van der Waals surface area (Å²) >= 11 is 11.9. The maximum absolute atomic E-state index is 14.4. The van der Waals surface area contributed by atoms with Crippen LogP contribution in [0.3, 0.4) is 0 Å². The summed E-state index contributed by atoms with van der Waals surface area (Å²) in [5.74, 6) is -0.458. The van der Waals surface area contributed by atoms with Gasteiger partial charge in [-0.05, 0) is 35.0 Å². The molecule has 12 heteroatoms. The molecule has 0 radical (unpaired) electrons. The first-order chi connectivity index (χ1) is 16.8. The highest BCUT2D eigenvalue weighted by Gasteiger charge is 2.62. The zero-order valence-electron chi connectivity index (χ0n) is 18.8. The minimum Gasteiger partial charge on any atom is -0.374 e. The minimum absolute atomic E-state index is 0.00402. The summed E-state index contributed by atoms with van der Waals surface area (Å²) in [7, 11) is -2.77. The normalized spacial score (nSPS) is 19.4. The van der Waals surface area contributed by atoms with Gasteiger partial charge in [-0.2, -0.15) is 13.2 Å². The molecule has 0 spiro atoms. The van der Waals surface area contributed by atoms with Crippen molar-refractivity contribution in [3.05, 3.63) is 81.3 Å². The zero-order valence-corrected chi connectivity index (χ0v) is 21.1. The maximum Gasteiger partial charge on any atom is 0.435 e. The van der Waals surface area contributed by atoms with Crippen molar-refractivity contribution in [1.82, 2.24) is 5.32 Å². The van der Waals surface area contributed by atoms with Crippen LogP contribution in [0.5, 0.6) is 0 Å². The topological polar surface area (TPSA) is 91.6 Å². The lowest BCUT2D eigenvalue weighted by atomic mass is 9.85. The summed E-state index contributed by atoms with van der Waals surface area (Å²) in [6.45, 7) is 0.0462. The summed E-state index contributed by atoms with van der Waals surface area (Å²) in [5, 5.41) is 7.52. The van der Waals surface area contributed by atoms with Crippen molar-refractivity contribution in [2.75, 3.05) is 18.6 Å². The van der Waals surface area contributed by atoms with Crippen LogP contribution in [0, 0.1) is 4.78 Å². The number of amides is 1. The van der Waals surface area contributed by atoms with E-state index in [0.29, 0.717) is 16.3 Å². The van der Waals surface area contributed by atoms with Crippen LogP contribution in [0.15, 0.2) is 59.8 Å². The van der Waals surface area contributed by atoms with Gasteiger partial charge < -0.3 is 10.2 Å². The Hall–Kier alpha value is -2.82. The molecule has 1 aliphatic rings. The van der Waals surface area contributed by atoms with E-state index < -0.39 is 33.8 Å². The second kappa shape index (κ2) is 9.57. The molecule has 2 unspecified atom stereocenters. The number of nitrogens with zero attached hydrogens (tertiary/aromatic N) is 1. The Bertz CT molecular complexity index is 1470. The lowest BCUT2D eigenvalue weighted by Gasteiger charge is -2.29. The zero-order chi connectivity index (χ0) is 26.3. The molecule has 190 valence electrons. The summed E-state index contributed by atoms with van der Waals surface area (Å²) < 4.78 is 62.1. The molecular formula is C24H20Cl2F3N3O3S. The summed E-state index contributed by atoms with van der Waals surface area (Å²) in [6, 6.07) is 13.4. The molecule has 6 nitrogen and oxygen atoms in total. The van der Waals surface area contributed by atoms with E-state index in [-0.39, 0.29) is 39.2 Å². The Morgan fingerprint density at radius 3 is 2.39 bits per heavy atom. The average molecular weight is 558 g/mol. The van der Waals surface area contributed by atoms with Gasteiger partial charge in [0.25, 0.3) is 11.5 Å². The average Bonchev–Trinajstić information content (AvgIpc) is 3.23. The van der Waals surface area contributed by atoms with E-state index in [1.54, 1.807) is 24.3 Å². The lowest BCUT2D eigenvalue weighted by Crippen LogP contribution is -2.42. The van der Waals surface area contributed by atoms with Crippen LogP contribution < -0.4 is 5.32 Å². The molecule has 1 amide bonds. The van der Waals surface area contributed by atoms with Gasteiger partial charge in [-0.25, -0.2) is 0 Å². The van der Waals surface area contributed by atoms with E-state index in [4.69, 9.17) is 32.8 Å².